The van der Waals surface area contributed by atoms with E-state index in [0.29, 0.717) is 6.61 Å². The first kappa shape index (κ1) is 16.8. The van der Waals surface area contributed by atoms with Crippen molar-refractivity contribution in [3.63, 3.8) is 0 Å². The Kier molecular flexibility index (Phi) is 7.23. The maximum absolute atomic E-state index is 6.16. The molecule has 0 amide bonds. The van der Waals surface area contributed by atoms with Gasteiger partial charge in [-0.1, -0.05) is 48.0 Å². The number of hydrogen-bond acceptors (Lipinski definition) is 3. The fraction of sp³-hybridized carbons (Fsp3) is 0.333. The average Bonchev–Trinajstić information content (AvgIpc) is 2.55. The number of hydrogen-bond donors (Lipinski definition) is 2. The Morgan fingerprint density at radius 1 is 0.955 bits per heavy atom. The van der Waals surface area contributed by atoms with Crippen molar-refractivity contribution in [2.45, 2.75) is 19.6 Å². The Morgan fingerprint density at radius 2 is 1.68 bits per heavy atom. The summed E-state index contributed by atoms with van der Waals surface area (Å²) < 4.78 is 5.95. The molecule has 0 heterocycles. The van der Waals surface area contributed by atoms with E-state index in [9.17, 15) is 0 Å². The van der Waals surface area contributed by atoms with Crippen molar-refractivity contribution >= 4 is 11.6 Å². The van der Waals surface area contributed by atoms with Gasteiger partial charge in [-0.3, -0.25) is 0 Å². The highest BCUT2D eigenvalue weighted by Crippen LogP contribution is 2.21. The number of rotatable bonds is 9. The van der Waals surface area contributed by atoms with Gasteiger partial charge in [0.1, 0.15) is 12.4 Å². The Labute approximate surface area is 137 Å². The van der Waals surface area contributed by atoms with Gasteiger partial charge >= 0.3 is 0 Å². The van der Waals surface area contributed by atoms with Crippen molar-refractivity contribution in [1.82, 2.24) is 10.6 Å². The summed E-state index contributed by atoms with van der Waals surface area (Å²) in [6.07, 6.45) is 1.11. The second-order valence-electron chi connectivity index (χ2n) is 5.12. The molecule has 3 nitrogen and oxygen atoms in total. The van der Waals surface area contributed by atoms with Gasteiger partial charge in [-0.2, -0.15) is 0 Å². The van der Waals surface area contributed by atoms with Gasteiger partial charge in [0.05, 0.1) is 0 Å². The maximum Gasteiger partial charge on any atom is 0.124 e. The van der Waals surface area contributed by atoms with E-state index in [1.54, 1.807) is 0 Å². The fourth-order valence-electron chi connectivity index (χ4n) is 2.17. The average molecular weight is 319 g/mol. The van der Waals surface area contributed by atoms with Crippen LogP contribution >= 0.6 is 11.6 Å². The van der Waals surface area contributed by atoms with Crippen molar-refractivity contribution in [2.75, 3.05) is 20.1 Å². The van der Waals surface area contributed by atoms with Gasteiger partial charge in [0, 0.05) is 22.7 Å². The molecule has 0 saturated heterocycles. The van der Waals surface area contributed by atoms with Crippen LogP contribution in [-0.4, -0.2) is 20.1 Å². The third-order valence-electron chi connectivity index (χ3n) is 3.41. The van der Waals surface area contributed by atoms with Crippen LogP contribution in [0.5, 0.6) is 5.75 Å². The second kappa shape index (κ2) is 9.46. The van der Waals surface area contributed by atoms with Crippen LogP contribution in [0, 0.1) is 0 Å². The summed E-state index contributed by atoms with van der Waals surface area (Å²) in [7, 11) is 1.97. The van der Waals surface area contributed by atoms with E-state index in [4.69, 9.17) is 16.3 Å². The number of halogens is 1. The number of para-hydroxylation sites is 1. The Hall–Kier alpha value is -1.55. The SMILES string of the molecule is CNCCCNCc1ccccc1OCc1ccccc1Cl. The first-order valence-corrected chi connectivity index (χ1v) is 7.98. The molecule has 4 heteroatoms. The van der Waals surface area contributed by atoms with E-state index in [-0.39, 0.29) is 0 Å². The fourth-order valence-corrected chi connectivity index (χ4v) is 2.37. The van der Waals surface area contributed by atoms with E-state index >= 15 is 0 Å². The molecule has 0 aliphatic carbocycles. The summed E-state index contributed by atoms with van der Waals surface area (Å²) in [5.74, 6) is 0.906. The first-order valence-electron chi connectivity index (χ1n) is 7.60. The zero-order valence-corrected chi connectivity index (χ0v) is 13.7. The molecular formula is C18H23ClN2O. The number of benzene rings is 2. The molecule has 0 aromatic heterocycles. The van der Waals surface area contributed by atoms with E-state index in [2.05, 4.69) is 16.7 Å². The lowest BCUT2D eigenvalue weighted by Crippen LogP contribution is -2.19. The highest BCUT2D eigenvalue weighted by Gasteiger charge is 2.05. The number of nitrogens with one attached hydrogen (secondary N) is 2. The van der Waals surface area contributed by atoms with E-state index in [1.807, 2.05) is 49.5 Å². The third-order valence-corrected chi connectivity index (χ3v) is 3.78. The third kappa shape index (κ3) is 5.34. The molecule has 0 aliphatic rings. The van der Waals surface area contributed by atoms with Crippen LogP contribution in [0.1, 0.15) is 17.5 Å². The van der Waals surface area contributed by atoms with Crippen LogP contribution in [0.25, 0.3) is 0 Å². The molecule has 0 atom stereocenters. The lowest BCUT2D eigenvalue weighted by Gasteiger charge is -2.13. The number of ether oxygens (including phenoxy) is 1. The predicted molar refractivity (Wildman–Crippen MR) is 92.5 cm³/mol. The van der Waals surface area contributed by atoms with Gasteiger partial charge in [-0.15, -0.1) is 0 Å². The minimum absolute atomic E-state index is 0.483. The van der Waals surface area contributed by atoms with Crippen LogP contribution in [-0.2, 0) is 13.2 Å². The molecule has 0 aliphatic heterocycles. The summed E-state index contributed by atoms with van der Waals surface area (Å²) in [5.41, 5.74) is 2.17. The van der Waals surface area contributed by atoms with E-state index < -0.39 is 0 Å². The molecular weight excluding hydrogens is 296 g/mol. The second-order valence-corrected chi connectivity index (χ2v) is 5.53. The smallest absolute Gasteiger partial charge is 0.124 e. The minimum atomic E-state index is 0.483. The standard InChI is InChI=1S/C18H23ClN2O/c1-20-11-6-12-21-13-15-7-3-5-10-18(15)22-14-16-8-2-4-9-17(16)19/h2-5,7-10,20-21H,6,11-14H2,1H3. The van der Waals surface area contributed by atoms with E-state index in [1.165, 1.54) is 5.56 Å². The lowest BCUT2D eigenvalue weighted by molar-refractivity contribution is 0.302. The molecule has 2 rings (SSSR count). The summed E-state index contributed by atoms with van der Waals surface area (Å²) in [6.45, 7) is 3.30. The summed E-state index contributed by atoms with van der Waals surface area (Å²) in [5, 5.41) is 7.33. The summed E-state index contributed by atoms with van der Waals surface area (Å²) >= 11 is 6.16. The minimum Gasteiger partial charge on any atom is -0.489 e. The van der Waals surface area contributed by atoms with Crippen LogP contribution in [0.15, 0.2) is 48.5 Å². The normalized spacial score (nSPS) is 10.6. The van der Waals surface area contributed by atoms with Crippen LogP contribution in [0.4, 0.5) is 0 Å². The molecule has 22 heavy (non-hydrogen) atoms. The molecule has 0 saturated carbocycles. The highest BCUT2D eigenvalue weighted by molar-refractivity contribution is 6.31. The molecule has 2 aromatic carbocycles. The van der Waals surface area contributed by atoms with Crippen LogP contribution < -0.4 is 15.4 Å². The van der Waals surface area contributed by atoms with Gasteiger partial charge in [-0.05, 0) is 38.7 Å². The Balaban J connectivity index is 1.89. The van der Waals surface area contributed by atoms with Crippen molar-refractivity contribution in [2.24, 2.45) is 0 Å². The molecule has 0 fully saturated rings. The zero-order valence-electron chi connectivity index (χ0n) is 12.9. The highest BCUT2D eigenvalue weighted by atomic mass is 35.5. The largest absolute Gasteiger partial charge is 0.489 e. The molecule has 2 N–H and O–H groups in total. The monoisotopic (exact) mass is 318 g/mol. The van der Waals surface area contributed by atoms with Gasteiger partial charge in [0.25, 0.3) is 0 Å². The van der Waals surface area contributed by atoms with Crippen molar-refractivity contribution in [3.05, 3.63) is 64.7 Å². The van der Waals surface area contributed by atoms with Crippen LogP contribution in [0.2, 0.25) is 5.02 Å². The first-order chi connectivity index (χ1) is 10.8. The zero-order chi connectivity index (χ0) is 15.6. The molecule has 2 aromatic rings. The van der Waals surface area contributed by atoms with E-state index in [0.717, 1.165) is 42.4 Å². The molecule has 0 spiro atoms. The quantitative estimate of drug-likeness (QED) is 0.693. The van der Waals surface area contributed by atoms with Gasteiger partial charge < -0.3 is 15.4 Å². The Bertz CT molecular complexity index is 575. The van der Waals surface area contributed by atoms with Crippen LogP contribution in [0.3, 0.4) is 0 Å². The summed E-state index contributed by atoms with van der Waals surface area (Å²) in [6, 6.07) is 15.9. The predicted octanol–water partition coefficient (Wildman–Crippen LogP) is 3.62. The van der Waals surface area contributed by atoms with Gasteiger partial charge in [0.2, 0.25) is 0 Å². The topological polar surface area (TPSA) is 33.3 Å². The van der Waals surface area contributed by atoms with Crippen molar-refractivity contribution in [3.8, 4) is 5.75 Å². The molecule has 0 unspecified atom stereocenters. The molecule has 118 valence electrons. The maximum atomic E-state index is 6.16. The molecule has 0 radical (unpaired) electrons. The lowest BCUT2D eigenvalue weighted by atomic mass is 10.2. The van der Waals surface area contributed by atoms with Gasteiger partial charge in [0.15, 0.2) is 0 Å². The Morgan fingerprint density at radius 3 is 2.45 bits per heavy atom. The van der Waals surface area contributed by atoms with Crippen molar-refractivity contribution < 1.29 is 4.74 Å². The van der Waals surface area contributed by atoms with Crippen molar-refractivity contribution in [1.29, 1.82) is 0 Å². The summed E-state index contributed by atoms with van der Waals surface area (Å²) in [4.78, 5) is 0. The van der Waals surface area contributed by atoms with Gasteiger partial charge in [-0.25, -0.2) is 0 Å². The molecule has 0 bridgehead atoms.